The molecule has 1 unspecified atom stereocenters. The molecule has 0 saturated carbocycles. The first kappa shape index (κ1) is 24.1. The fourth-order valence-corrected chi connectivity index (χ4v) is 4.98. The first-order valence-corrected chi connectivity index (χ1v) is 11.5. The number of hydrogen-bond acceptors (Lipinski definition) is 4. The number of aromatic nitrogens is 3. The normalized spacial score (nSPS) is 20.0. The maximum Gasteiger partial charge on any atom is 0.398 e. The van der Waals surface area contributed by atoms with Crippen LogP contribution < -0.4 is 10.3 Å². The molecule has 3 heterocycles. The van der Waals surface area contributed by atoms with Gasteiger partial charge < -0.3 is 18.8 Å². The summed E-state index contributed by atoms with van der Waals surface area (Å²) in [5, 5.41) is 0. The number of nitrogens with zero attached hydrogens (tertiary/aromatic N) is 4. The lowest BCUT2D eigenvalue weighted by atomic mass is 9.64. The molecule has 0 saturated heterocycles. The predicted octanol–water partition coefficient (Wildman–Crippen LogP) is 3.78. The van der Waals surface area contributed by atoms with Crippen LogP contribution in [0.5, 0.6) is 5.75 Å². The lowest BCUT2D eigenvalue weighted by molar-refractivity contribution is -0.193. The SMILES string of the molecule is Cc1cn(-c2ccc3n(c2=O)CCN([C@@H](C)COc2ccc(F)c4c2C(C)(C(F)(F)F)C4)C3=O)cn1. The zero-order chi connectivity index (χ0) is 26.0. The van der Waals surface area contributed by atoms with E-state index < -0.39 is 29.9 Å². The van der Waals surface area contributed by atoms with E-state index in [1.165, 1.54) is 21.9 Å². The molecule has 1 aliphatic heterocycles. The van der Waals surface area contributed by atoms with Gasteiger partial charge in [-0.05, 0) is 57.0 Å². The zero-order valence-corrected chi connectivity index (χ0v) is 19.9. The third-order valence-electron chi connectivity index (χ3n) is 7.13. The van der Waals surface area contributed by atoms with E-state index in [-0.39, 0.29) is 53.7 Å². The molecule has 0 spiro atoms. The van der Waals surface area contributed by atoms with Crippen LogP contribution in [0.25, 0.3) is 5.69 Å². The second kappa shape index (κ2) is 8.21. The molecule has 7 nitrogen and oxygen atoms in total. The number of imidazole rings is 1. The molecular weight excluding hydrogens is 480 g/mol. The standard InChI is InChI=1S/C25H24F4N4O3/c1-14-11-31(13-30-14)18-5-6-19-23(35)32(8-9-33(19)22(18)34)15(2)12-36-20-7-4-17(26)16-10-24(3,21(16)20)25(27,28)29/h4-7,11,13,15H,8-10,12H2,1-3H3/t15-,24?/m0/s1. The molecule has 2 aliphatic rings. The first-order valence-electron chi connectivity index (χ1n) is 11.5. The summed E-state index contributed by atoms with van der Waals surface area (Å²) < 4.78 is 63.8. The van der Waals surface area contributed by atoms with Gasteiger partial charge in [0.2, 0.25) is 0 Å². The number of aryl methyl sites for hydroxylation is 1. The van der Waals surface area contributed by atoms with Gasteiger partial charge in [-0.3, -0.25) is 9.59 Å². The van der Waals surface area contributed by atoms with Crippen LogP contribution in [-0.4, -0.2) is 50.3 Å². The Hall–Kier alpha value is -3.63. The van der Waals surface area contributed by atoms with Crippen LogP contribution in [0.1, 0.15) is 41.2 Å². The lowest BCUT2D eigenvalue weighted by Crippen LogP contribution is -2.51. The molecule has 5 rings (SSSR count). The van der Waals surface area contributed by atoms with Gasteiger partial charge in [0.15, 0.2) is 0 Å². The van der Waals surface area contributed by atoms with Gasteiger partial charge in [-0.2, -0.15) is 13.2 Å². The van der Waals surface area contributed by atoms with Crippen molar-refractivity contribution in [1.29, 1.82) is 0 Å². The van der Waals surface area contributed by atoms with Gasteiger partial charge in [0.05, 0.1) is 23.5 Å². The van der Waals surface area contributed by atoms with Gasteiger partial charge >= 0.3 is 6.18 Å². The molecular formula is C25H24F4N4O3. The van der Waals surface area contributed by atoms with Gasteiger partial charge in [0.1, 0.15) is 29.6 Å². The van der Waals surface area contributed by atoms with Crippen LogP contribution in [0.2, 0.25) is 0 Å². The number of carbonyl (C=O) groups is 1. The van der Waals surface area contributed by atoms with E-state index in [0.717, 1.165) is 18.7 Å². The molecule has 2 atom stereocenters. The molecule has 1 aliphatic carbocycles. The summed E-state index contributed by atoms with van der Waals surface area (Å²) in [5.74, 6) is -1.11. The Morgan fingerprint density at radius 1 is 1.17 bits per heavy atom. The molecule has 11 heteroatoms. The number of fused-ring (bicyclic) bond motifs is 2. The van der Waals surface area contributed by atoms with Crippen LogP contribution in [0.3, 0.4) is 0 Å². The fourth-order valence-electron chi connectivity index (χ4n) is 4.98. The van der Waals surface area contributed by atoms with Gasteiger partial charge in [-0.15, -0.1) is 0 Å². The largest absolute Gasteiger partial charge is 0.491 e. The fraction of sp³-hybridized carbons (Fsp3) is 0.400. The third kappa shape index (κ3) is 3.59. The molecule has 190 valence electrons. The summed E-state index contributed by atoms with van der Waals surface area (Å²) in [4.78, 5) is 31.8. The van der Waals surface area contributed by atoms with Crippen molar-refractivity contribution in [2.24, 2.45) is 0 Å². The van der Waals surface area contributed by atoms with Crippen molar-refractivity contribution in [3.05, 3.63) is 75.5 Å². The summed E-state index contributed by atoms with van der Waals surface area (Å²) in [7, 11) is 0. The Labute approximate surface area is 203 Å². The van der Waals surface area contributed by atoms with Gasteiger partial charge in [0.25, 0.3) is 11.5 Å². The second-order valence-electron chi connectivity index (χ2n) is 9.55. The first-order chi connectivity index (χ1) is 16.9. The molecule has 2 aromatic heterocycles. The van der Waals surface area contributed by atoms with E-state index in [9.17, 15) is 27.2 Å². The number of benzene rings is 1. The van der Waals surface area contributed by atoms with Crippen molar-refractivity contribution in [2.75, 3.05) is 13.2 Å². The molecule has 0 N–H and O–H groups in total. The number of ether oxygens (including phenoxy) is 1. The predicted molar refractivity (Wildman–Crippen MR) is 122 cm³/mol. The number of amides is 1. The van der Waals surface area contributed by atoms with Crippen molar-refractivity contribution in [3.8, 4) is 11.4 Å². The quantitative estimate of drug-likeness (QED) is 0.496. The lowest BCUT2D eigenvalue weighted by Gasteiger charge is -2.43. The topological polar surface area (TPSA) is 69.4 Å². The van der Waals surface area contributed by atoms with E-state index in [1.807, 2.05) is 0 Å². The molecule has 0 bridgehead atoms. The monoisotopic (exact) mass is 504 g/mol. The van der Waals surface area contributed by atoms with Crippen LogP contribution in [-0.2, 0) is 18.4 Å². The minimum Gasteiger partial charge on any atom is -0.491 e. The average molecular weight is 504 g/mol. The minimum absolute atomic E-state index is 0.00576. The highest BCUT2D eigenvalue weighted by Gasteiger charge is 2.60. The van der Waals surface area contributed by atoms with E-state index >= 15 is 0 Å². The summed E-state index contributed by atoms with van der Waals surface area (Å²) in [6, 6.07) is 4.94. The smallest absolute Gasteiger partial charge is 0.398 e. The Morgan fingerprint density at radius 2 is 1.92 bits per heavy atom. The Balaban J connectivity index is 1.35. The molecule has 3 aromatic rings. The van der Waals surface area contributed by atoms with Crippen molar-refractivity contribution >= 4 is 5.91 Å². The van der Waals surface area contributed by atoms with Crippen molar-refractivity contribution < 1.29 is 27.1 Å². The van der Waals surface area contributed by atoms with Gasteiger partial charge in [-0.1, -0.05) is 0 Å². The third-order valence-corrected chi connectivity index (χ3v) is 7.13. The zero-order valence-electron chi connectivity index (χ0n) is 19.9. The number of halogens is 4. The number of hydrogen-bond donors (Lipinski definition) is 0. The molecule has 1 aromatic carbocycles. The highest BCUT2D eigenvalue weighted by molar-refractivity contribution is 5.93. The van der Waals surface area contributed by atoms with Crippen LogP contribution >= 0.6 is 0 Å². The van der Waals surface area contributed by atoms with Gasteiger partial charge in [0, 0.05) is 24.8 Å². The average Bonchev–Trinajstić information content (AvgIpc) is 3.24. The highest BCUT2D eigenvalue weighted by atomic mass is 19.4. The van der Waals surface area contributed by atoms with Crippen LogP contribution in [0, 0.1) is 12.7 Å². The summed E-state index contributed by atoms with van der Waals surface area (Å²) in [6.45, 7) is 4.95. The van der Waals surface area contributed by atoms with E-state index in [0.29, 0.717) is 5.69 Å². The Kier molecular flexibility index (Phi) is 5.49. The van der Waals surface area contributed by atoms with Crippen molar-refractivity contribution in [1.82, 2.24) is 19.0 Å². The maximum atomic E-state index is 14.1. The van der Waals surface area contributed by atoms with Gasteiger partial charge in [-0.25, -0.2) is 9.37 Å². The van der Waals surface area contributed by atoms with E-state index in [4.69, 9.17) is 4.74 Å². The van der Waals surface area contributed by atoms with E-state index in [1.54, 1.807) is 36.7 Å². The minimum atomic E-state index is -4.55. The molecule has 36 heavy (non-hydrogen) atoms. The van der Waals surface area contributed by atoms with E-state index in [2.05, 4.69) is 4.98 Å². The number of rotatable bonds is 5. The Bertz CT molecular complexity index is 1430. The Morgan fingerprint density at radius 3 is 2.58 bits per heavy atom. The molecule has 0 fully saturated rings. The number of alkyl halides is 3. The maximum absolute atomic E-state index is 14.1. The number of pyridine rings is 1. The number of carbonyl (C=O) groups excluding carboxylic acids is 1. The van der Waals surface area contributed by atoms with Crippen LogP contribution in [0.4, 0.5) is 17.6 Å². The molecule has 1 amide bonds. The van der Waals surface area contributed by atoms with Crippen molar-refractivity contribution in [3.63, 3.8) is 0 Å². The van der Waals surface area contributed by atoms with Crippen molar-refractivity contribution in [2.45, 2.75) is 51.4 Å². The summed E-state index contributed by atoms with van der Waals surface area (Å²) in [5.41, 5.74) is -1.35. The summed E-state index contributed by atoms with van der Waals surface area (Å²) in [6.07, 6.45) is -1.75. The van der Waals surface area contributed by atoms with Crippen LogP contribution in [0.15, 0.2) is 41.6 Å². The second-order valence-corrected chi connectivity index (χ2v) is 9.55. The highest BCUT2D eigenvalue weighted by Crippen LogP contribution is 2.55. The summed E-state index contributed by atoms with van der Waals surface area (Å²) >= 11 is 0. The molecule has 0 radical (unpaired) electrons.